The Hall–Kier alpha value is 0.710. The minimum Gasteiger partial charge on any atom is -0.314 e. The van der Waals surface area contributed by atoms with E-state index < -0.39 is 0 Å². The highest BCUT2D eigenvalue weighted by atomic mass is 32.2. The lowest BCUT2D eigenvalue weighted by Gasteiger charge is -2.46. The molecule has 2 fully saturated rings. The third-order valence-electron chi connectivity index (χ3n) is 2.85. The summed E-state index contributed by atoms with van der Waals surface area (Å²) in [4.78, 5) is 0. The summed E-state index contributed by atoms with van der Waals surface area (Å²) in [6, 6.07) is 0. The van der Waals surface area contributed by atoms with E-state index >= 15 is 0 Å². The molecule has 5 nitrogen and oxygen atoms in total. The highest BCUT2D eigenvalue weighted by molar-refractivity contribution is 8.11. The van der Waals surface area contributed by atoms with Crippen LogP contribution in [0.4, 0.5) is 0 Å². The van der Waals surface area contributed by atoms with Gasteiger partial charge in [0.1, 0.15) is 0 Å². The van der Waals surface area contributed by atoms with Crippen LogP contribution in [0.5, 0.6) is 0 Å². The van der Waals surface area contributed by atoms with E-state index in [0.29, 0.717) is 8.64 Å². The first-order chi connectivity index (χ1) is 9.11. The Morgan fingerprint density at radius 1 is 1.16 bits per heavy atom. The summed E-state index contributed by atoms with van der Waals surface area (Å²) >= 11 is 21.1. The Morgan fingerprint density at radius 2 is 1.84 bits per heavy atom. The molecule has 1 atom stereocenters. The molecule has 19 heavy (non-hydrogen) atoms. The third kappa shape index (κ3) is 4.10. The van der Waals surface area contributed by atoms with Crippen molar-refractivity contribution in [2.75, 3.05) is 38.5 Å². The second-order valence-corrected chi connectivity index (χ2v) is 7.49. The molecule has 0 aromatic rings. The predicted octanol–water partition coefficient (Wildman–Crippen LogP) is 0.375. The van der Waals surface area contributed by atoms with Crippen molar-refractivity contribution in [1.29, 1.82) is 0 Å². The van der Waals surface area contributed by atoms with E-state index in [1.54, 1.807) is 11.8 Å². The number of hydrazine groups is 2. The number of thiocarbonyl (C=S) groups is 2. The molecular formula is C9H17N5S5. The highest BCUT2D eigenvalue weighted by Gasteiger charge is 2.33. The smallest absolute Gasteiger partial charge is 0.169 e. The van der Waals surface area contributed by atoms with Crippen LogP contribution >= 0.6 is 61.5 Å². The van der Waals surface area contributed by atoms with Gasteiger partial charge in [-0.25, -0.2) is 5.01 Å². The predicted molar refractivity (Wildman–Crippen MR) is 95.5 cm³/mol. The van der Waals surface area contributed by atoms with Crippen LogP contribution in [0.25, 0.3) is 0 Å². The number of hydrogen-bond donors (Lipinski definition) is 4. The van der Waals surface area contributed by atoms with Crippen LogP contribution in [0, 0.1) is 0 Å². The van der Waals surface area contributed by atoms with Crippen LogP contribution in [-0.4, -0.2) is 67.8 Å². The van der Waals surface area contributed by atoms with Gasteiger partial charge in [-0.2, -0.15) is 10.1 Å². The van der Waals surface area contributed by atoms with E-state index in [1.807, 2.05) is 10.1 Å². The van der Waals surface area contributed by atoms with Gasteiger partial charge in [0.25, 0.3) is 0 Å². The average molecular weight is 356 g/mol. The highest BCUT2D eigenvalue weighted by Crippen LogP contribution is 2.24. The van der Waals surface area contributed by atoms with Gasteiger partial charge < -0.3 is 5.32 Å². The molecule has 0 aromatic heterocycles. The summed E-state index contributed by atoms with van der Waals surface area (Å²) in [5.41, 5.74) is 0.0602. The standard InChI is InChI=1S/C9H17N5S5/c15-8(16)13(7-11-3-6-19-7)14(9(17)18)12-4-1-10-2-5-12/h7,10-11H,1-6H2,(H,15,16)(H,17,18). The summed E-state index contributed by atoms with van der Waals surface area (Å²) in [5.74, 6) is 1.05. The maximum absolute atomic E-state index is 5.28. The first kappa shape index (κ1) is 16.1. The molecule has 10 heteroatoms. The van der Waals surface area contributed by atoms with Crippen molar-refractivity contribution in [1.82, 2.24) is 25.8 Å². The largest absolute Gasteiger partial charge is 0.314 e. The molecule has 0 spiro atoms. The van der Waals surface area contributed by atoms with E-state index in [-0.39, 0.29) is 5.50 Å². The molecule has 2 N–H and O–H groups in total. The fourth-order valence-electron chi connectivity index (χ4n) is 2.04. The summed E-state index contributed by atoms with van der Waals surface area (Å²) in [6.45, 7) is 4.53. The lowest BCUT2D eigenvalue weighted by atomic mass is 10.4. The molecular weight excluding hydrogens is 338 g/mol. The Labute approximate surface area is 139 Å². The lowest BCUT2D eigenvalue weighted by molar-refractivity contribution is -0.0888. The van der Waals surface area contributed by atoms with Crippen molar-refractivity contribution in [2.24, 2.45) is 0 Å². The summed E-state index contributed by atoms with van der Waals surface area (Å²) in [6.07, 6.45) is 0. The molecule has 0 amide bonds. The first-order valence-corrected chi connectivity index (χ1v) is 8.73. The van der Waals surface area contributed by atoms with Gasteiger partial charge >= 0.3 is 0 Å². The van der Waals surface area contributed by atoms with Gasteiger partial charge in [-0.15, -0.1) is 37.0 Å². The quantitative estimate of drug-likeness (QED) is 0.322. The lowest BCUT2D eigenvalue weighted by Crippen LogP contribution is -2.63. The number of nitrogens with one attached hydrogen (secondary N) is 2. The van der Waals surface area contributed by atoms with Crippen LogP contribution in [0.1, 0.15) is 0 Å². The zero-order valence-corrected chi connectivity index (χ0v) is 14.5. The van der Waals surface area contributed by atoms with E-state index in [4.69, 9.17) is 24.4 Å². The Kier molecular flexibility index (Phi) is 6.47. The zero-order chi connectivity index (χ0) is 13.8. The van der Waals surface area contributed by atoms with Gasteiger partial charge in [-0.3, -0.25) is 5.32 Å². The minimum absolute atomic E-state index is 0.0602. The van der Waals surface area contributed by atoms with Crippen molar-refractivity contribution < 1.29 is 0 Å². The van der Waals surface area contributed by atoms with Gasteiger partial charge in [0.2, 0.25) is 0 Å². The van der Waals surface area contributed by atoms with Crippen molar-refractivity contribution in [2.45, 2.75) is 5.50 Å². The molecule has 0 bridgehead atoms. The fourth-order valence-corrected chi connectivity index (χ4v) is 4.03. The van der Waals surface area contributed by atoms with Gasteiger partial charge in [0.15, 0.2) is 14.1 Å². The van der Waals surface area contributed by atoms with E-state index in [1.165, 1.54) is 0 Å². The molecule has 2 rings (SSSR count). The monoisotopic (exact) mass is 355 g/mol. The summed E-state index contributed by atoms with van der Waals surface area (Å²) in [5, 5.41) is 12.6. The van der Waals surface area contributed by atoms with Crippen LogP contribution in [0.3, 0.4) is 0 Å². The maximum atomic E-state index is 5.28. The van der Waals surface area contributed by atoms with Crippen LogP contribution in [0.2, 0.25) is 0 Å². The van der Waals surface area contributed by atoms with Crippen molar-refractivity contribution in [3.63, 3.8) is 0 Å². The van der Waals surface area contributed by atoms with E-state index in [0.717, 1.165) is 38.5 Å². The molecule has 0 aliphatic carbocycles. The number of thiol groups is 2. The first-order valence-electron chi connectivity index (χ1n) is 5.97. The Morgan fingerprint density at radius 3 is 2.32 bits per heavy atom. The molecule has 0 radical (unpaired) electrons. The van der Waals surface area contributed by atoms with Gasteiger partial charge in [0.05, 0.1) is 0 Å². The topological polar surface area (TPSA) is 33.8 Å². The van der Waals surface area contributed by atoms with Crippen LogP contribution in [-0.2, 0) is 0 Å². The van der Waals surface area contributed by atoms with Crippen molar-refractivity contribution >= 4 is 70.1 Å². The fraction of sp³-hybridized carbons (Fsp3) is 0.778. The second kappa shape index (κ2) is 7.64. The van der Waals surface area contributed by atoms with Gasteiger partial charge in [-0.1, -0.05) is 12.2 Å². The van der Waals surface area contributed by atoms with Crippen LogP contribution in [0.15, 0.2) is 0 Å². The number of rotatable bonds is 2. The number of nitrogens with zero attached hydrogens (tertiary/aromatic N) is 3. The molecule has 2 aliphatic rings. The third-order valence-corrected chi connectivity index (χ3v) is 4.71. The summed E-state index contributed by atoms with van der Waals surface area (Å²) < 4.78 is 0.967. The van der Waals surface area contributed by atoms with Crippen molar-refractivity contribution in [3.05, 3.63) is 0 Å². The SMILES string of the molecule is S=C(S)N(C1NCCS1)N(C(=S)S)N1CCNCC1. The maximum Gasteiger partial charge on any atom is 0.169 e. The Bertz CT molecular complexity index is 342. The normalized spacial score (nSPS) is 24.2. The average Bonchev–Trinajstić information content (AvgIpc) is 2.89. The molecule has 2 heterocycles. The van der Waals surface area contributed by atoms with Gasteiger partial charge in [-0.05, 0) is 12.2 Å². The minimum atomic E-state index is 0.0602. The molecule has 2 saturated heterocycles. The second-order valence-electron chi connectivity index (χ2n) is 4.08. The molecule has 0 aromatic carbocycles. The number of hydrogen-bond acceptors (Lipinski definition) is 6. The zero-order valence-electron chi connectivity index (χ0n) is 10.3. The Balaban J connectivity index is 2.17. The van der Waals surface area contributed by atoms with E-state index in [2.05, 4.69) is 40.9 Å². The molecule has 2 aliphatic heterocycles. The molecule has 108 valence electrons. The molecule has 1 unspecified atom stereocenters. The number of thioether (sulfide) groups is 1. The van der Waals surface area contributed by atoms with Crippen LogP contribution < -0.4 is 10.6 Å². The number of piperazine rings is 1. The molecule has 0 saturated carbocycles. The summed E-state index contributed by atoms with van der Waals surface area (Å²) in [7, 11) is 0. The van der Waals surface area contributed by atoms with Gasteiger partial charge in [0, 0.05) is 38.5 Å². The van der Waals surface area contributed by atoms with E-state index in [9.17, 15) is 0 Å². The van der Waals surface area contributed by atoms with Crippen molar-refractivity contribution in [3.8, 4) is 0 Å².